The maximum atomic E-state index is 6.27. The van der Waals surface area contributed by atoms with Crippen molar-refractivity contribution in [2.45, 2.75) is 13.5 Å². The van der Waals surface area contributed by atoms with Gasteiger partial charge in [-0.25, -0.2) is 4.99 Å². The van der Waals surface area contributed by atoms with Crippen LogP contribution in [0.25, 0.3) is 0 Å². The number of nitrogens with zero attached hydrogens (tertiary/aromatic N) is 2. The van der Waals surface area contributed by atoms with Crippen LogP contribution in [-0.2, 0) is 6.54 Å². The second-order valence-corrected chi connectivity index (χ2v) is 7.87. The summed E-state index contributed by atoms with van der Waals surface area (Å²) in [7, 11) is 0. The van der Waals surface area contributed by atoms with Gasteiger partial charge in [0.05, 0.1) is 23.6 Å². The van der Waals surface area contributed by atoms with Gasteiger partial charge in [0.15, 0.2) is 0 Å². The first-order valence-corrected chi connectivity index (χ1v) is 9.70. The van der Waals surface area contributed by atoms with Gasteiger partial charge in [0.25, 0.3) is 0 Å². The van der Waals surface area contributed by atoms with E-state index in [1.165, 1.54) is 20.4 Å². The van der Waals surface area contributed by atoms with Gasteiger partial charge in [-0.3, -0.25) is 0 Å². The van der Waals surface area contributed by atoms with Gasteiger partial charge in [0.1, 0.15) is 0 Å². The van der Waals surface area contributed by atoms with Crippen LogP contribution in [-0.4, -0.2) is 12.3 Å². The van der Waals surface area contributed by atoms with E-state index in [4.69, 9.17) is 10.7 Å². The molecule has 3 aromatic rings. The lowest BCUT2D eigenvalue weighted by molar-refractivity contribution is 0.873. The highest BCUT2D eigenvalue weighted by atomic mass is 127. The second kappa shape index (κ2) is 7.11. The normalized spacial score (nSPS) is 13.3. The maximum absolute atomic E-state index is 6.27. The summed E-state index contributed by atoms with van der Waals surface area (Å²) in [6.45, 7) is 3.69. The Kier molecular flexibility index (Phi) is 4.68. The van der Waals surface area contributed by atoms with Gasteiger partial charge in [-0.2, -0.15) is 0 Å². The van der Waals surface area contributed by atoms with Gasteiger partial charge in [0.2, 0.25) is 0 Å². The highest BCUT2D eigenvalue weighted by Crippen LogP contribution is 2.36. The Labute approximate surface area is 167 Å². The molecule has 3 nitrogen and oxygen atoms in total. The maximum Gasteiger partial charge on any atom is 0.0870 e. The van der Waals surface area contributed by atoms with E-state index in [-0.39, 0.29) is 0 Å². The molecule has 2 N–H and O–H groups in total. The van der Waals surface area contributed by atoms with Crippen LogP contribution in [0.5, 0.6) is 0 Å². The molecule has 1 aliphatic rings. The van der Waals surface area contributed by atoms with Crippen molar-refractivity contribution >= 4 is 45.4 Å². The molecule has 0 radical (unpaired) electrons. The van der Waals surface area contributed by atoms with E-state index in [2.05, 4.69) is 89.0 Å². The fourth-order valence-electron chi connectivity index (χ4n) is 3.31. The minimum atomic E-state index is 0.745. The molecule has 0 atom stereocenters. The van der Waals surface area contributed by atoms with Crippen molar-refractivity contribution in [2.24, 2.45) is 4.99 Å². The summed E-state index contributed by atoms with van der Waals surface area (Å²) >= 11 is 2.32. The Morgan fingerprint density at radius 3 is 2.65 bits per heavy atom. The molecule has 0 aromatic heterocycles. The smallest absolute Gasteiger partial charge is 0.0870 e. The van der Waals surface area contributed by atoms with Crippen LogP contribution in [0, 0.1) is 10.5 Å². The lowest BCUT2D eigenvalue weighted by Crippen LogP contribution is -2.32. The Balaban J connectivity index is 1.78. The first-order valence-electron chi connectivity index (χ1n) is 8.62. The molecule has 1 heterocycles. The van der Waals surface area contributed by atoms with Crippen molar-refractivity contribution in [2.75, 3.05) is 17.2 Å². The van der Waals surface area contributed by atoms with E-state index in [1.807, 2.05) is 12.1 Å². The number of nitrogens with two attached hydrogens (primary N) is 1. The van der Waals surface area contributed by atoms with Crippen LogP contribution in [0.15, 0.2) is 71.7 Å². The lowest BCUT2D eigenvalue weighted by Gasteiger charge is -2.31. The molecule has 0 saturated heterocycles. The van der Waals surface area contributed by atoms with Crippen molar-refractivity contribution in [1.29, 1.82) is 0 Å². The van der Waals surface area contributed by atoms with Crippen molar-refractivity contribution in [3.63, 3.8) is 0 Å². The molecule has 130 valence electrons. The number of aryl methyl sites for hydroxylation is 1. The fraction of sp³-hybridized carbons (Fsp3) is 0.136. The van der Waals surface area contributed by atoms with E-state index in [1.54, 1.807) is 0 Å². The van der Waals surface area contributed by atoms with Gasteiger partial charge >= 0.3 is 0 Å². The van der Waals surface area contributed by atoms with Gasteiger partial charge < -0.3 is 10.6 Å². The second-order valence-electron chi connectivity index (χ2n) is 6.62. The topological polar surface area (TPSA) is 41.6 Å². The summed E-state index contributed by atoms with van der Waals surface area (Å²) in [5, 5.41) is 0. The van der Waals surface area contributed by atoms with Gasteiger partial charge in [-0.15, -0.1) is 0 Å². The van der Waals surface area contributed by atoms with E-state index in [0.29, 0.717) is 0 Å². The molecule has 0 aliphatic carbocycles. The highest BCUT2D eigenvalue weighted by Gasteiger charge is 2.22. The van der Waals surface area contributed by atoms with Gasteiger partial charge in [-0.1, -0.05) is 36.4 Å². The van der Waals surface area contributed by atoms with E-state index in [0.717, 1.165) is 35.7 Å². The van der Waals surface area contributed by atoms with Crippen molar-refractivity contribution in [3.8, 4) is 0 Å². The molecule has 0 saturated carbocycles. The third-order valence-electron chi connectivity index (χ3n) is 4.61. The number of fused-ring (bicyclic) bond motifs is 1. The van der Waals surface area contributed by atoms with Gasteiger partial charge in [0, 0.05) is 21.4 Å². The van der Waals surface area contributed by atoms with Crippen LogP contribution >= 0.6 is 22.6 Å². The molecule has 1 aliphatic heterocycles. The summed E-state index contributed by atoms with van der Waals surface area (Å²) in [4.78, 5) is 7.34. The quantitative estimate of drug-likeness (QED) is 0.431. The number of anilines is 2. The fourth-order valence-corrected chi connectivity index (χ4v) is 3.80. The summed E-state index contributed by atoms with van der Waals surface area (Å²) in [6.07, 6.45) is 0. The number of hydrogen-bond donors (Lipinski definition) is 1. The summed E-state index contributed by atoms with van der Waals surface area (Å²) in [6, 6.07) is 23.1. The molecule has 4 rings (SSSR count). The number of halogens is 1. The molecule has 3 aromatic carbocycles. The number of hydrogen-bond acceptors (Lipinski definition) is 3. The molecule has 26 heavy (non-hydrogen) atoms. The lowest BCUT2D eigenvalue weighted by atomic mass is 10.0. The van der Waals surface area contributed by atoms with Crippen molar-refractivity contribution in [1.82, 2.24) is 0 Å². The first kappa shape index (κ1) is 17.1. The molecule has 0 spiro atoms. The van der Waals surface area contributed by atoms with E-state index < -0.39 is 0 Å². The van der Waals surface area contributed by atoms with Crippen LogP contribution < -0.4 is 10.6 Å². The molecule has 0 amide bonds. The SMILES string of the molecule is Cc1ccc2c(c1)N=C(c1cc(I)ccc1N)CN2Cc1ccccc1. The van der Waals surface area contributed by atoms with E-state index in [9.17, 15) is 0 Å². The Bertz CT molecular complexity index is 980. The number of benzene rings is 3. The number of nitrogen functional groups attached to an aromatic ring is 1. The Hall–Kier alpha value is -2.34. The third kappa shape index (κ3) is 3.46. The van der Waals surface area contributed by atoms with Crippen LogP contribution in [0.3, 0.4) is 0 Å². The summed E-state index contributed by atoms with van der Waals surface area (Å²) in [5.74, 6) is 0. The average Bonchev–Trinajstić information content (AvgIpc) is 2.64. The molecule has 0 fully saturated rings. The van der Waals surface area contributed by atoms with Crippen molar-refractivity contribution < 1.29 is 0 Å². The minimum absolute atomic E-state index is 0.745. The number of aliphatic imine (C=N–C) groups is 1. The molecule has 4 heteroatoms. The Morgan fingerprint density at radius 1 is 1.04 bits per heavy atom. The summed E-state index contributed by atoms with van der Waals surface area (Å²) < 4.78 is 1.17. The molecular formula is C22H20IN3. The van der Waals surface area contributed by atoms with Crippen LogP contribution in [0.1, 0.15) is 16.7 Å². The molecule has 0 unspecified atom stereocenters. The standard InChI is InChI=1S/C22H20IN3/c1-15-7-10-22-20(11-15)25-21(18-12-17(23)8-9-19(18)24)14-26(22)13-16-5-3-2-4-6-16/h2-12H,13-14,24H2,1H3. The Morgan fingerprint density at radius 2 is 1.85 bits per heavy atom. The van der Waals surface area contributed by atoms with Crippen LogP contribution in [0.4, 0.5) is 17.1 Å². The largest absolute Gasteiger partial charge is 0.398 e. The van der Waals surface area contributed by atoms with Crippen molar-refractivity contribution in [3.05, 3.63) is 87.0 Å². The van der Waals surface area contributed by atoms with Gasteiger partial charge in [-0.05, 0) is 71.0 Å². The van der Waals surface area contributed by atoms with Crippen LogP contribution in [0.2, 0.25) is 0 Å². The summed E-state index contributed by atoms with van der Waals surface area (Å²) in [5.41, 5.74) is 13.8. The average molecular weight is 453 g/mol. The zero-order valence-electron chi connectivity index (χ0n) is 14.6. The monoisotopic (exact) mass is 453 g/mol. The first-order chi connectivity index (χ1) is 12.6. The zero-order valence-corrected chi connectivity index (χ0v) is 16.8. The molecular weight excluding hydrogens is 433 g/mol. The highest BCUT2D eigenvalue weighted by molar-refractivity contribution is 14.1. The minimum Gasteiger partial charge on any atom is -0.398 e. The predicted molar refractivity (Wildman–Crippen MR) is 118 cm³/mol. The third-order valence-corrected chi connectivity index (χ3v) is 5.28. The van der Waals surface area contributed by atoms with E-state index >= 15 is 0 Å². The molecule has 0 bridgehead atoms. The number of rotatable bonds is 3. The predicted octanol–water partition coefficient (Wildman–Crippen LogP) is 5.32. The zero-order chi connectivity index (χ0) is 18.1.